The SMILES string of the molecule is O=C(Cc1cccc(Br)c1)N1C[C@@H](O)[C@@H](O)C1. The molecule has 1 aromatic carbocycles. The van der Waals surface area contributed by atoms with Crippen molar-refractivity contribution in [2.75, 3.05) is 13.1 Å². The van der Waals surface area contributed by atoms with Crippen LogP contribution in [0.1, 0.15) is 5.56 Å². The molecule has 17 heavy (non-hydrogen) atoms. The predicted octanol–water partition coefficient (Wildman–Crippen LogP) is 0.556. The van der Waals surface area contributed by atoms with E-state index in [9.17, 15) is 15.0 Å². The molecular formula is C12H14BrNO3. The first-order valence-corrected chi connectivity index (χ1v) is 6.24. The van der Waals surface area contributed by atoms with Gasteiger partial charge in [0, 0.05) is 17.6 Å². The number of benzene rings is 1. The average Bonchev–Trinajstić information content (AvgIpc) is 2.59. The second kappa shape index (κ2) is 5.16. The lowest BCUT2D eigenvalue weighted by Gasteiger charge is -2.15. The quantitative estimate of drug-likeness (QED) is 0.839. The molecule has 0 saturated carbocycles. The van der Waals surface area contributed by atoms with Crippen LogP contribution in [0.25, 0.3) is 0 Å². The maximum Gasteiger partial charge on any atom is 0.227 e. The minimum absolute atomic E-state index is 0.0706. The number of carbonyl (C=O) groups is 1. The molecule has 1 fully saturated rings. The van der Waals surface area contributed by atoms with Gasteiger partial charge in [0.25, 0.3) is 0 Å². The number of β-amino-alcohol motifs (C(OH)–C–C–N with tert-alkyl or cyclic N) is 2. The highest BCUT2D eigenvalue weighted by Crippen LogP contribution is 2.15. The summed E-state index contributed by atoms with van der Waals surface area (Å²) in [6.45, 7) is 0.433. The van der Waals surface area contributed by atoms with E-state index in [2.05, 4.69) is 15.9 Å². The largest absolute Gasteiger partial charge is 0.388 e. The van der Waals surface area contributed by atoms with Crippen molar-refractivity contribution in [2.45, 2.75) is 18.6 Å². The van der Waals surface area contributed by atoms with E-state index >= 15 is 0 Å². The Balaban J connectivity index is 1.98. The van der Waals surface area contributed by atoms with Crippen molar-refractivity contribution in [1.82, 2.24) is 4.90 Å². The molecule has 0 bridgehead atoms. The highest BCUT2D eigenvalue weighted by Gasteiger charge is 2.32. The fraction of sp³-hybridized carbons (Fsp3) is 0.417. The van der Waals surface area contributed by atoms with Gasteiger partial charge in [-0.1, -0.05) is 28.1 Å². The van der Waals surface area contributed by atoms with Crippen molar-refractivity contribution in [2.24, 2.45) is 0 Å². The van der Waals surface area contributed by atoms with Crippen LogP contribution in [-0.2, 0) is 11.2 Å². The normalized spacial score (nSPS) is 24.1. The molecule has 2 rings (SSSR count). The second-order valence-electron chi connectivity index (χ2n) is 4.24. The number of amides is 1. The molecule has 0 aliphatic carbocycles. The molecule has 2 N–H and O–H groups in total. The zero-order valence-electron chi connectivity index (χ0n) is 9.21. The van der Waals surface area contributed by atoms with Gasteiger partial charge in [0.2, 0.25) is 5.91 Å². The monoisotopic (exact) mass is 299 g/mol. The summed E-state index contributed by atoms with van der Waals surface area (Å²) >= 11 is 3.35. The predicted molar refractivity (Wildman–Crippen MR) is 66.4 cm³/mol. The van der Waals surface area contributed by atoms with E-state index in [0.29, 0.717) is 6.42 Å². The summed E-state index contributed by atoms with van der Waals surface area (Å²) in [7, 11) is 0. The number of hydrogen-bond acceptors (Lipinski definition) is 3. The van der Waals surface area contributed by atoms with E-state index in [1.165, 1.54) is 4.90 Å². The third-order valence-corrected chi connectivity index (χ3v) is 3.35. The molecular weight excluding hydrogens is 286 g/mol. The first-order valence-electron chi connectivity index (χ1n) is 5.44. The molecule has 92 valence electrons. The third kappa shape index (κ3) is 3.06. The number of likely N-dealkylation sites (tertiary alicyclic amines) is 1. The van der Waals surface area contributed by atoms with E-state index in [0.717, 1.165) is 10.0 Å². The molecule has 0 radical (unpaired) electrons. The molecule has 0 unspecified atom stereocenters. The fourth-order valence-electron chi connectivity index (χ4n) is 1.91. The number of carbonyl (C=O) groups excluding carboxylic acids is 1. The fourth-order valence-corrected chi connectivity index (χ4v) is 2.35. The van der Waals surface area contributed by atoms with Crippen LogP contribution < -0.4 is 0 Å². The molecule has 1 aliphatic heterocycles. The van der Waals surface area contributed by atoms with Gasteiger partial charge in [-0.05, 0) is 17.7 Å². The summed E-state index contributed by atoms with van der Waals surface area (Å²) < 4.78 is 0.935. The lowest BCUT2D eigenvalue weighted by atomic mass is 10.1. The second-order valence-corrected chi connectivity index (χ2v) is 5.16. The van der Waals surface area contributed by atoms with Gasteiger partial charge in [-0.25, -0.2) is 0 Å². The van der Waals surface area contributed by atoms with Crippen molar-refractivity contribution < 1.29 is 15.0 Å². The summed E-state index contributed by atoms with van der Waals surface area (Å²) in [5.74, 6) is -0.0706. The topological polar surface area (TPSA) is 60.8 Å². The molecule has 1 heterocycles. The Morgan fingerprint density at radius 3 is 2.59 bits per heavy atom. The van der Waals surface area contributed by atoms with Gasteiger partial charge in [0.15, 0.2) is 0 Å². The van der Waals surface area contributed by atoms with Crippen molar-refractivity contribution in [3.63, 3.8) is 0 Å². The van der Waals surface area contributed by atoms with Gasteiger partial charge in [-0.3, -0.25) is 4.79 Å². The number of hydrogen-bond donors (Lipinski definition) is 2. The summed E-state index contributed by atoms with van der Waals surface area (Å²) in [5, 5.41) is 18.8. The van der Waals surface area contributed by atoms with Crippen LogP contribution in [0.5, 0.6) is 0 Å². The van der Waals surface area contributed by atoms with E-state index in [4.69, 9.17) is 0 Å². The van der Waals surface area contributed by atoms with E-state index in [-0.39, 0.29) is 19.0 Å². The van der Waals surface area contributed by atoms with Crippen LogP contribution >= 0.6 is 15.9 Å². The van der Waals surface area contributed by atoms with Gasteiger partial charge < -0.3 is 15.1 Å². The van der Waals surface area contributed by atoms with Crippen LogP contribution in [0, 0.1) is 0 Å². The number of aliphatic hydroxyl groups is 2. The molecule has 0 spiro atoms. The summed E-state index contributed by atoms with van der Waals surface area (Å²) in [4.78, 5) is 13.4. The highest BCUT2D eigenvalue weighted by molar-refractivity contribution is 9.10. The molecule has 1 saturated heterocycles. The van der Waals surface area contributed by atoms with Gasteiger partial charge in [-0.2, -0.15) is 0 Å². The van der Waals surface area contributed by atoms with Gasteiger partial charge in [0.05, 0.1) is 18.6 Å². The van der Waals surface area contributed by atoms with Crippen molar-refractivity contribution in [3.05, 3.63) is 34.3 Å². The van der Waals surface area contributed by atoms with Crippen LogP contribution in [0.15, 0.2) is 28.7 Å². The van der Waals surface area contributed by atoms with Crippen LogP contribution in [-0.4, -0.2) is 46.3 Å². The number of halogens is 1. The minimum atomic E-state index is -0.818. The molecule has 1 aromatic rings. The van der Waals surface area contributed by atoms with E-state index < -0.39 is 12.2 Å². The first-order chi connectivity index (χ1) is 8.06. The van der Waals surface area contributed by atoms with Gasteiger partial charge in [-0.15, -0.1) is 0 Å². The molecule has 1 aliphatic rings. The summed E-state index contributed by atoms with van der Waals surface area (Å²) in [6.07, 6.45) is -1.35. The standard InChI is InChI=1S/C12H14BrNO3/c13-9-3-1-2-8(4-9)5-12(17)14-6-10(15)11(16)7-14/h1-4,10-11,15-16H,5-7H2/t10-,11+. The highest BCUT2D eigenvalue weighted by atomic mass is 79.9. The van der Waals surface area contributed by atoms with Gasteiger partial charge in [0.1, 0.15) is 0 Å². The average molecular weight is 300 g/mol. The Morgan fingerprint density at radius 2 is 2.00 bits per heavy atom. The van der Waals surface area contributed by atoms with Crippen LogP contribution in [0.2, 0.25) is 0 Å². The Bertz CT molecular complexity index is 414. The Morgan fingerprint density at radius 1 is 1.35 bits per heavy atom. The van der Waals surface area contributed by atoms with Crippen molar-refractivity contribution in [3.8, 4) is 0 Å². The number of nitrogens with zero attached hydrogens (tertiary/aromatic N) is 1. The maximum atomic E-state index is 11.9. The Hall–Kier alpha value is -0.910. The van der Waals surface area contributed by atoms with E-state index in [1.54, 1.807) is 0 Å². The summed E-state index contributed by atoms with van der Waals surface area (Å²) in [6, 6.07) is 7.55. The third-order valence-electron chi connectivity index (χ3n) is 2.86. The Kier molecular flexibility index (Phi) is 3.81. The molecule has 0 aromatic heterocycles. The molecule has 1 amide bonds. The van der Waals surface area contributed by atoms with Crippen molar-refractivity contribution in [1.29, 1.82) is 0 Å². The van der Waals surface area contributed by atoms with Gasteiger partial charge >= 0.3 is 0 Å². The number of rotatable bonds is 2. The molecule has 4 nitrogen and oxygen atoms in total. The van der Waals surface area contributed by atoms with Crippen LogP contribution in [0.3, 0.4) is 0 Å². The van der Waals surface area contributed by atoms with Crippen LogP contribution in [0.4, 0.5) is 0 Å². The Labute approximate surface area is 108 Å². The minimum Gasteiger partial charge on any atom is -0.388 e. The lowest BCUT2D eigenvalue weighted by Crippen LogP contribution is -2.31. The summed E-state index contributed by atoms with van der Waals surface area (Å²) in [5.41, 5.74) is 0.917. The lowest BCUT2D eigenvalue weighted by molar-refractivity contribution is -0.129. The first kappa shape index (κ1) is 12.5. The zero-order valence-corrected chi connectivity index (χ0v) is 10.8. The van der Waals surface area contributed by atoms with E-state index in [1.807, 2.05) is 24.3 Å². The number of aliphatic hydroxyl groups excluding tert-OH is 2. The smallest absolute Gasteiger partial charge is 0.227 e. The maximum absolute atomic E-state index is 11.9. The van der Waals surface area contributed by atoms with Crippen molar-refractivity contribution >= 4 is 21.8 Å². The molecule has 5 heteroatoms. The molecule has 2 atom stereocenters. The zero-order chi connectivity index (χ0) is 12.4.